The number of carbonyl (C=O) groups excluding carboxylic acids is 1. The minimum Gasteiger partial charge on any atom is -0.349 e. The molecule has 2 aromatic carbocycles. The number of nitrogens with one attached hydrogen (secondary N) is 1. The molecule has 1 saturated carbocycles. The number of para-hydroxylation sites is 2. The second-order valence-electron chi connectivity index (χ2n) is 7.86. The molecule has 0 saturated heterocycles. The maximum Gasteiger partial charge on any atom is 0.269 e. The molecule has 0 atom stereocenters. The smallest absolute Gasteiger partial charge is 0.269 e. The van der Waals surface area contributed by atoms with E-state index in [-0.39, 0.29) is 23.6 Å². The van der Waals surface area contributed by atoms with E-state index in [1.165, 1.54) is 22.7 Å². The Labute approximate surface area is 178 Å². The third kappa shape index (κ3) is 4.58. The van der Waals surface area contributed by atoms with Gasteiger partial charge in [-0.05, 0) is 49.1 Å². The minimum atomic E-state index is -0.260. The predicted molar refractivity (Wildman–Crippen MR) is 118 cm³/mol. The first kappa shape index (κ1) is 19.8. The number of aromatic nitrogens is 2. The van der Waals surface area contributed by atoms with E-state index in [4.69, 9.17) is 0 Å². The second kappa shape index (κ2) is 8.49. The molecule has 4 rings (SSSR count). The first-order valence-electron chi connectivity index (χ1n) is 10.0. The number of hydrogen-bond donors (Lipinski definition) is 1. The Hall–Kier alpha value is -2.47. The highest BCUT2D eigenvalue weighted by Crippen LogP contribution is 2.32. The summed E-state index contributed by atoms with van der Waals surface area (Å²) in [6.07, 6.45) is 7.42. The van der Waals surface area contributed by atoms with Crippen LogP contribution in [0, 0.1) is 0 Å². The summed E-state index contributed by atoms with van der Waals surface area (Å²) in [7, 11) is 0. The zero-order valence-electron chi connectivity index (χ0n) is 16.2. The maximum atomic E-state index is 13.0. The van der Waals surface area contributed by atoms with Gasteiger partial charge in [-0.1, -0.05) is 59.5 Å². The van der Waals surface area contributed by atoms with Crippen LogP contribution in [0.1, 0.15) is 37.7 Å². The largest absolute Gasteiger partial charge is 0.349 e. The van der Waals surface area contributed by atoms with Gasteiger partial charge < -0.3 is 5.32 Å². The molecule has 1 aliphatic rings. The van der Waals surface area contributed by atoms with Crippen LogP contribution in [0.25, 0.3) is 11.0 Å². The van der Waals surface area contributed by atoms with Gasteiger partial charge in [-0.15, -0.1) is 0 Å². The number of amides is 1. The average molecular weight is 454 g/mol. The van der Waals surface area contributed by atoms with Crippen LogP contribution in [0.3, 0.4) is 0 Å². The highest BCUT2D eigenvalue weighted by atomic mass is 79.9. The molecule has 3 aromatic rings. The zero-order chi connectivity index (χ0) is 20.3. The van der Waals surface area contributed by atoms with Crippen LogP contribution in [0.4, 0.5) is 0 Å². The van der Waals surface area contributed by atoms with Gasteiger partial charge in [0.25, 0.3) is 5.56 Å². The van der Waals surface area contributed by atoms with Crippen molar-refractivity contribution in [1.29, 1.82) is 0 Å². The maximum absolute atomic E-state index is 13.0. The molecule has 6 heteroatoms. The Bertz CT molecular complexity index is 1070. The number of rotatable bonds is 5. The third-order valence-electron chi connectivity index (χ3n) is 5.73. The number of fused-ring (bicyclic) bond motifs is 1. The van der Waals surface area contributed by atoms with Crippen molar-refractivity contribution >= 4 is 32.9 Å². The van der Waals surface area contributed by atoms with Gasteiger partial charge in [-0.2, -0.15) is 0 Å². The van der Waals surface area contributed by atoms with Crippen LogP contribution in [0.2, 0.25) is 0 Å². The second-order valence-corrected chi connectivity index (χ2v) is 8.78. The number of benzene rings is 2. The molecule has 1 N–H and O–H groups in total. The molecule has 5 nitrogen and oxygen atoms in total. The van der Waals surface area contributed by atoms with Crippen molar-refractivity contribution in [3.05, 3.63) is 75.1 Å². The lowest BCUT2D eigenvalue weighted by Gasteiger charge is -2.38. The zero-order valence-corrected chi connectivity index (χ0v) is 17.8. The lowest BCUT2D eigenvalue weighted by Crippen LogP contribution is -2.52. The highest BCUT2D eigenvalue weighted by molar-refractivity contribution is 9.10. The van der Waals surface area contributed by atoms with E-state index in [1.807, 2.05) is 36.4 Å². The Kier molecular flexibility index (Phi) is 5.81. The third-order valence-corrected chi connectivity index (χ3v) is 6.25. The Morgan fingerprint density at radius 2 is 1.79 bits per heavy atom. The minimum absolute atomic E-state index is 0.00392. The molecule has 1 amide bonds. The fraction of sp³-hybridized carbons (Fsp3) is 0.348. The van der Waals surface area contributed by atoms with Gasteiger partial charge in [-0.25, -0.2) is 4.98 Å². The van der Waals surface area contributed by atoms with E-state index in [9.17, 15) is 9.59 Å². The molecular formula is C23H24BrN3O2. The summed E-state index contributed by atoms with van der Waals surface area (Å²) in [6, 6.07) is 15.7. The molecule has 150 valence electrons. The van der Waals surface area contributed by atoms with Crippen molar-refractivity contribution in [2.45, 2.75) is 50.6 Å². The molecule has 1 heterocycles. The predicted octanol–water partition coefficient (Wildman–Crippen LogP) is 4.22. The quantitative estimate of drug-likeness (QED) is 0.628. The molecule has 0 aliphatic heterocycles. The standard InChI is InChI=1S/C23H24BrN3O2/c24-18-10-8-17(9-11-18)14-23(12-4-1-5-13-23)26-21(28)16-27-20-7-3-2-6-19(20)25-15-22(27)29/h2-3,6-11,15H,1,4-5,12-14,16H2,(H,26,28). The van der Waals surface area contributed by atoms with Crippen molar-refractivity contribution in [3.63, 3.8) is 0 Å². The van der Waals surface area contributed by atoms with Gasteiger partial charge >= 0.3 is 0 Å². The van der Waals surface area contributed by atoms with Crippen LogP contribution in [0.5, 0.6) is 0 Å². The highest BCUT2D eigenvalue weighted by Gasteiger charge is 2.33. The Morgan fingerprint density at radius 3 is 2.55 bits per heavy atom. The Morgan fingerprint density at radius 1 is 1.07 bits per heavy atom. The summed E-state index contributed by atoms with van der Waals surface area (Å²) >= 11 is 3.48. The van der Waals surface area contributed by atoms with E-state index in [0.29, 0.717) is 11.0 Å². The number of halogens is 1. The number of carbonyl (C=O) groups is 1. The van der Waals surface area contributed by atoms with Crippen LogP contribution in [-0.4, -0.2) is 21.0 Å². The number of hydrogen-bond acceptors (Lipinski definition) is 3. The molecular weight excluding hydrogens is 430 g/mol. The van der Waals surface area contributed by atoms with Crippen molar-refractivity contribution in [2.24, 2.45) is 0 Å². The van der Waals surface area contributed by atoms with Gasteiger partial charge in [0, 0.05) is 10.0 Å². The summed E-state index contributed by atoms with van der Waals surface area (Å²) in [5.74, 6) is -0.123. The number of nitrogens with zero attached hydrogens (tertiary/aromatic N) is 2. The van der Waals surface area contributed by atoms with Crippen LogP contribution >= 0.6 is 15.9 Å². The Balaban J connectivity index is 1.57. The molecule has 0 radical (unpaired) electrons. The van der Waals surface area contributed by atoms with E-state index in [2.05, 4.69) is 38.4 Å². The lowest BCUT2D eigenvalue weighted by atomic mass is 9.77. The van der Waals surface area contributed by atoms with Gasteiger partial charge in [0.05, 0.1) is 17.2 Å². The van der Waals surface area contributed by atoms with Crippen molar-refractivity contribution in [3.8, 4) is 0 Å². The van der Waals surface area contributed by atoms with E-state index in [0.717, 1.165) is 36.6 Å². The monoisotopic (exact) mass is 453 g/mol. The van der Waals surface area contributed by atoms with Gasteiger partial charge in [0.2, 0.25) is 5.91 Å². The molecule has 1 aromatic heterocycles. The normalized spacial score (nSPS) is 15.9. The summed E-state index contributed by atoms with van der Waals surface area (Å²) in [5, 5.41) is 3.31. The summed E-state index contributed by atoms with van der Waals surface area (Å²) in [5.41, 5.74) is 2.09. The topological polar surface area (TPSA) is 64.0 Å². The molecule has 0 unspecified atom stereocenters. The van der Waals surface area contributed by atoms with E-state index < -0.39 is 0 Å². The molecule has 1 aliphatic carbocycles. The van der Waals surface area contributed by atoms with Gasteiger partial charge in [0.1, 0.15) is 6.54 Å². The van der Waals surface area contributed by atoms with Gasteiger partial charge in [-0.3, -0.25) is 14.2 Å². The van der Waals surface area contributed by atoms with E-state index in [1.54, 1.807) is 0 Å². The van der Waals surface area contributed by atoms with Crippen molar-refractivity contribution in [2.75, 3.05) is 0 Å². The van der Waals surface area contributed by atoms with Crippen molar-refractivity contribution < 1.29 is 4.79 Å². The lowest BCUT2D eigenvalue weighted by molar-refractivity contribution is -0.124. The van der Waals surface area contributed by atoms with Gasteiger partial charge in [0.15, 0.2) is 0 Å². The SMILES string of the molecule is O=C(Cn1c(=O)cnc2ccccc21)NC1(Cc2ccc(Br)cc2)CCCCC1. The first-order valence-corrected chi connectivity index (χ1v) is 10.8. The average Bonchev–Trinajstić information content (AvgIpc) is 2.72. The molecule has 29 heavy (non-hydrogen) atoms. The summed E-state index contributed by atoms with van der Waals surface area (Å²) in [4.78, 5) is 29.6. The van der Waals surface area contributed by atoms with Crippen molar-refractivity contribution in [1.82, 2.24) is 14.9 Å². The fourth-order valence-electron chi connectivity index (χ4n) is 4.32. The van der Waals surface area contributed by atoms with Crippen LogP contribution in [-0.2, 0) is 17.8 Å². The molecule has 0 spiro atoms. The van der Waals surface area contributed by atoms with E-state index >= 15 is 0 Å². The molecule has 0 bridgehead atoms. The van der Waals surface area contributed by atoms with Crippen LogP contribution in [0.15, 0.2) is 64.0 Å². The van der Waals surface area contributed by atoms with Crippen LogP contribution < -0.4 is 10.9 Å². The summed E-state index contributed by atoms with van der Waals surface area (Å²) in [6.45, 7) is 0.00392. The fourth-order valence-corrected chi connectivity index (χ4v) is 4.59. The first-order chi connectivity index (χ1) is 14.0. The summed E-state index contributed by atoms with van der Waals surface area (Å²) < 4.78 is 2.56. The molecule has 1 fully saturated rings.